The van der Waals surface area contributed by atoms with Gasteiger partial charge in [-0.15, -0.1) is 0 Å². The van der Waals surface area contributed by atoms with Crippen molar-refractivity contribution < 1.29 is 31.1 Å². The molecule has 7 heteroatoms. The lowest BCUT2D eigenvalue weighted by atomic mass is 9.76. The Hall–Kier alpha value is -3.74. The summed E-state index contributed by atoms with van der Waals surface area (Å²) in [7, 11) is 0. The number of benzene rings is 4. The summed E-state index contributed by atoms with van der Waals surface area (Å²) in [5.41, 5.74) is -0.305. The van der Waals surface area contributed by atoms with Crippen LogP contribution in [0.5, 0.6) is 5.75 Å². The van der Waals surface area contributed by atoms with E-state index in [-0.39, 0.29) is 56.9 Å². The first kappa shape index (κ1) is 28.8. The second-order valence-electron chi connectivity index (χ2n) is 10.4. The Kier molecular flexibility index (Phi) is 8.43. The normalized spacial score (nSPS) is 11.7. The summed E-state index contributed by atoms with van der Waals surface area (Å²) >= 11 is 0. The Balaban J connectivity index is 1.47. The van der Waals surface area contributed by atoms with Gasteiger partial charge in [-0.3, -0.25) is 0 Å². The number of ether oxygens (including phenoxy) is 1. The Bertz CT molecular complexity index is 1610. The zero-order valence-corrected chi connectivity index (χ0v) is 23.0. The summed E-state index contributed by atoms with van der Waals surface area (Å²) in [6.45, 7) is 4.29. The molecule has 0 saturated heterocycles. The second kappa shape index (κ2) is 12.0. The fourth-order valence-electron chi connectivity index (χ4n) is 5.37. The molecule has 0 radical (unpaired) electrons. The molecule has 0 amide bonds. The molecule has 1 nitrogen and oxygen atoms in total. The second-order valence-corrected chi connectivity index (χ2v) is 10.4. The molecular weight excluding hydrogens is 538 g/mol. The van der Waals surface area contributed by atoms with Gasteiger partial charge < -0.3 is 4.74 Å². The highest BCUT2D eigenvalue weighted by atomic mass is 19.2. The summed E-state index contributed by atoms with van der Waals surface area (Å²) in [5.74, 6) is -7.13. The number of unbranched alkanes of at least 4 members (excludes halogenated alkanes) is 4. The van der Waals surface area contributed by atoms with Crippen LogP contribution in [0.3, 0.4) is 0 Å². The van der Waals surface area contributed by atoms with Crippen molar-refractivity contribution in [2.75, 3.05) is 6.61 Å². The van der Waals surface area contributed by atoms with Crippen molar-refractivity contribution in [3.8, 4) is 50.3 Å². The summed E-state index contributed by atoms with van der Waals surface area (Å²) < 4.78 is 96.3. The monoisotopic (exact) mass is 568 g/mol. The third-order valence-electron chi connectivity index (χ3n) is 7.62. The van der Waals surface area contributed by atoms with Crippen molar-refractivity contribution in [2.24, 2.45) is 0 Å². The molecule has 5 rings (SSSR count). The molecule has 214 valence electrons. The number of fused-ring (bicyclic) bond motifs is 4. The van der Waals surface area contributed by atoms with Gasteiger partial charge >= 0.3 is 0 Å². The van der Waals surface area contributed by atoms with Crippen molar-refractivity contribution in [1.29, 1.82) is 0 Å². The van der Waals surface area contributed by atoms with Crippen molar-refractivity contribution in [2.45, 2.75) is 58.8 Å². The van der Waals surface area contributed by atoms with Crippen LogP contribution < -0.4 is 4.74 Å². The van der Waals surface area contributed by atoms with E-state index in [0.29, 0.717) is 12.8 Å². The number of halogens is 6. The van der Waals surface area contributed by atoms with Crippen LogP contribution in [0, 0.1) is 34.9 Å². The fourth-order valence-corrected chi connectivity index (χ4v) is 5.37. The molecule has 0 aliphatic heterocycles. The molecule has 41 heavy (non-hydrogen) atoms. The lowest BCUT2D eigenvalue weighted by Gasteiger charge is -2.27. The number of hydrogen-bond donors (Lipinski definition) is 0. The molecule has 1 aliphatic rings. The van der Waals surface area contributed by atoms with Crippen molar-refractivity contribution in [3.05, 3.63) is 89.0 Å². The highest BCUT2D eigenvalue weighted by Crippen LogP contribution is 2.54. The first-order valence-corrected chi connectivity index (χ1v) is 14.0. The minimum absolute atomic E-state index is 0.0940. The van der Waals surface area contributed by atoms with Crippen molar-refractivity contribution >= 4 is 0 Å². The van der Waals surface area contributed by atoms with Gasteiger partial charge in [-0.1, -0.05) is 63.8 Å². The first-order chi connectivity index (χ1) is 19.8. The third kappa shape index (κ3) is 5.22. The third-order valence-corrected chi connectivity index (χ3v) is 7.62. The average Bonchev–Trinajstić information content (AvgIpc) is 2.94. The van der Waals surface area contributed by atoms with E-state index < -0.39 is 34.9 Å². The zero-order valence-electron chi connectivity index (χ0n) is 23.0. The topological polar surface area (TPSA) is 9.23 Å². The van der Waals surface area contributed by atoms with E-state index in [9.17, 15) is 13.2 Å². The molecule has 4 aromatic rings. The molecule has 0 bridgehead atoms. The van der Waals surface area contributed by atoms with E-state index >= 15 is 13.2 Å². The van der Waals surface area contributed by atoms with E-state index in [1.165, 1.54) is 42.5 Å². The molecule has 0 heterocycles. The van der Waals surface area contributed by atoms with Crippen LogP contribution >= 0.6 is 0 Å². The largest absolute Gasteiger partial charge is 0.490 e. The number of hydrogen-bond acceptors (Lipinski definition) is 1. The number of rotatable bonds is 11. The van der Waals surface area contributed by atoms with Gasteiger partial charge in [0.2, 0.25) is 5.82 Å². The molecule has 0 unspecified atom stereocenters. The minimum atomic E-state index is -1.32. The first-order valence-electron chi connectivity index (χ1n) is 14.0. The standard InChI is InChI=1S/C34H30F6O/c1-3-5-7-9-19-10-11-20(26(35)17-19)25-18-24-21-12-13-22(30(36)28(21)29(24)34(40)32(25)38)23-14-15-27(33(39)31(23)37)41-16-8-6-4-2/h10-15,17-18H,3-9,16H2,1-2H3. The van der Waals surface area contributed by atoms with Crippen molar-refractivity contribution in [3.63, 3.8) is 0 Å². The summed E-state index contributed by atoms with van der Waals surface area (Å²) in [4.78, 5) is 0. The smallest absolute Gasteiger partial charge is 0.201 e. The van der Waals surface area contributed by atoms with Crippen LogP contribution in [0.1, 0.15) is 57.9 Å². The molecule has 4 aromatic carbocycles. The maximum Gasteiger partial charge on any atom is 0.201 e. The van der Waals surface area contributed by atoms with Crippen LogP contribution in [-0.4, -0.2) is 6.61 Å². The molecule has 1 aliphatic carbocycles. The fraction of sp³-hybridized carbons (Fsp3) is 0.294. The molecular formula is C34H30F6O. The Morgan fingerprint density at radius 3 is 1.85 bits per heavy atom. The maximum absolute atomic E-state index is 15.7. The van der Waals surface area contributed by atoms with Crippen molar-refractivity contribution in [1.82, 2.24) is 0 Å². The Labute approximate surface area is 235 Å². The van der Waals surface area contributed by atoms with E-state index in [0.717, 1.165) is 37.7 Å². The van der Waals surface area contributed by atoms with Crippen LogP contribution in [-0.2, 0) is 6.42 Å². The van der Waals surface area contributed by atoms with Crippen LogP contribution in [0.25, 0.3) is 44.5 Å². The Morgan fingerprint density at radius 2 is 1.12 bits per heavy atom. The molecule has 0 fully saturated rings. The molecule has 0 N–H and O–H groups in total. The average molecular weight is 569 g/mol. The summed E-state index contributed by atoms with van der Waals surface area (Å²) in [6.07, 6.45) is 6.11. The van der Waals surface area contributed by atoms with Crippen LogP contribution in [0.2, 0.25) is 0 Å². The van der Waals surface area contributed by atoms with E-state index in [1.54, 1.807) is 6.07 Å². The van der Waals surface area contributed by atoms with E-state index in [2.05, 4.69) is 6.92 Å². The number of aryl methyl sites for hydroxylation is 1. The lowest BCUT2D eigenvalue weighted by molar-refractivity contribution is 0.286. The highest BCUT2D eigenvalue weighted by molar-refractivity contribution is 6.05. The maximum atomic E-state index is 15.7. The van der Waals surface area contributed by atoms with Gasteiger partial charge in [0.25, 0.3) is 0 Å². The van der Waals surface area contributed by atoms with Gasteiger partial charge in [-0.05, 0) is 60.2 Å². The Morgan fingerprint density at radius 1 is 0.512 bits per heavy atom. The van der Waals surface area contributed by atoms with Gasteiger partial charge in [0, 0.05) is 33.4 Å². The van der Waals surface area contributed by atoms with Gasteiger partial charge in [0.15, 0.2) is 23.2 Å². The zero-order chi connectivity index (χ0) is 29.3. The lowest BCUT2D eigenvalue weighted by Crippen LogP contribution is -2.09. The molecule has 0 saturated carbocycles. The summed E-state index contributed by atoms with van der Waals surface area (Å²) in [5, 5.41) is 0. The van der Waals surface area contributed by atoms with E-state index in [1.807, 2.05) is 6.92 Å². The van der Waals surface area contributed by atoms with Gasteiger partial charge in [0.1, 0.15) is 11.6 Å². The SMILES string of the molecule is CCCCCOc1ccc(-c2ccc3c(c2F)-c2c-3cc(-c3ccc(CCCCC)cc3F)c(F)c2F)c(F)c1F. The summed E-state index contributed by atoms with van der Waals surface area (Å²) in [6, 6.07) is 10.9. The molecule has 0 spiro atoms. The van der Waals surface area contributed by atoms with Gasteiger partial charge in [0.05, 0.1) is 6.61 Å². The predicted molar refractivity (Wildman–Crippen MR) is 150 cm³/mol. The molecule has 0 atom stereocenters. The van der Waals surface area contributed by atoms with E-state index in [4.69, 9.17) is 4.74 Å². The van der Waals surface area contributed by atoms with Gasteiger partial charge in [-0.25, -0.2) is 22.0 Å². The minimum Gasteiger partial charge on any atom is -0.490 e. The van der Waals surface area contributed by atoms with Crippen LogP contribution in [0.15, 0.2) is 48.5 Å². The quantitative estimate of drug-likeness (QED) is 0.114. The van der Waals surface area contributed by atoms with Crippen LogP contribution in [0.4, 0.5) is 26.3 Å². The van der Waals surface area contributed by atoms with Gasteiger partial charge in [-0.2, -0.15) is 4.39 Å². The highest BCUT2D eigenvalue weighted by Gasteiger charge is 2.35. The predicted octanol–water partition coefficient (Wildman–Crippen LogP) is 10.8. The molecule has 0 aromatic heterocycles.